The van der Waals surface area contributed by atoms with Crippen LogP contribution in [0.5, 0.6) is 0 Å². The van der Waals surface area contributed by atoms with Gasteiger partial charge in [0.2, 0.25) is 5.95 Å². The van der Waals surface area contributed by atoms with Gasteiger partial charge in [0.15, 0.2) is 0 Å². The van der Waals surface area contributed by atoms with Gasteiger partial charge in [-0.05, 0) is 44.0 Å². The molecule has 0 saturated carbocycles. The summed E-state index contributed by atoms with van der Waals surface area (Å²) in [5.41, 5.74) is 11.8. The van der Waals surface area contributed by atoms with Gasteiger partial charge in [-0.3, -0.25) is 0 Å². The highest BCUT2D eigenvalue weighted by Gasteiger charge is 2.13. The maximum Gasteiger partial charge on any atom is 0.229 e. The fourth-order valence-corrected chi connectivity index (χ4v) is 2.51. The van der Waals surface area contributed by atoms with E-state index in [9.17, 15) is 0 Å². The third kappa shape index (κ3) is 1.78. The smallest absolute Gasteiger partial charge is 0.229 e. The van der Waals surface area contributed by atoms with E-state index in [1.54, 1.807) is 0 Å². The summed E-state index contributed by atoms with van der Waals surface area (Å²) < 4.78 is 1.87. The van der Waals surface area contributed by atoms with Crippen molar-refractivity contribution in [1.82, 2.24) is 19.7 Å². The Hall–Kier alpha value is -2.30. The highest BCUT2D eigenvalue weighted by molar-refractivity contribution is 5.79. The number of aryl methyl sites for hydroxylation is 1. The summed E-state index contributed by atoms with van der Waals surface area (Å²) in [4.78, 5) is 7.83. The van der Waals surface area contributed by atoms with Crippen LogP contribution in [0.3, 0.4) is 0 Å². The molecule has 5 heteroatoms. The van der Waals surface area contributed by atoms with E-state index in [2.05, 4.69) is 28.9 Å². The molecule has 0 radical (unpaired) electrons. The number of hydrogen-bond donors (Lipinski definition) is 2. The fourth-order valence-electron chi connectivity index (χ4n) is 2.51. The molecular weight excluding hydrogens is 238 g/mol. The van der Waals surface area contributed by atoms with Crippen molar-refractivity contribution >= 4 is 16.7 Å². The van der Waals surface area contributed by atoms with Gasteiger partial charge in [0.1, 0.15) is 0 Å². The van der Waals surface area contributed by atoms with E-state index in [1.165, 1.54) is 5.56 Å². The number of rotatable bonds is 2. The Balaban J connectivity index is 2.19. The molecule has 0 saturated heterocycles. The maximum absolute atomic E-state index is 5.78. The molecule has 0 fully saturated rings. The average molecular weight is 255 g/mol. The molecule has 0 atom stereocenters. The number of nitrogens with two attached hydrogens (primary N) is 1. The number of imidazole rings is 1. The molecule has 0 unspecified atom stereocenters. The van der Waals surface area contributed by atoms with Gasteiger partial charge < -0.3 is 10.7 Å². The molecule has 2 heterocycles. The van der Waals surface area contributed by atoms with Crippen LogP contribution in [-0.2, 0) is 6.42 Å². The normalized spacial score (nSPS) is 11.3. The molecule has 3 aromatic rings. The first-order valence-corrected chi connectivity index (χ1v) is 6.41. The van der Waals surface area contributed by atoms with Gasteiger partial charge in [-0.2, -0.15) is 5.10 Å². The van der Waals surface area contributed by atoms with Gasteiger partial charge in [-0.1, -0.05) is 6.92 Å². The van der Waals surface area contributed by atoms with Crippen LogP contribution in [0.15, 0.2) is 18.2 Å². The molecule has 1 aromatic carbocycles. The molecule has 3 rings (SSSR count). The monoisotopic (exact) mass is 255 g/mol. The van der Waals surface area contributed by atoms with Crippen LogP contribution >= 0.6 is 0 Å². The zero-order valence-corrected chi connectivity index (χ0v) is 11.4. The molecular formula is C14H17N5. The average Bonchev–Trinajstić information content (AvgIpc) is 2.90. The van der Waals surface area contributed by atoms with E-state index < -0.39 is 0 Å². The molecule has 0 aliphatic heterocycles. The van der Waals surface area contributed by atoms with Crippen molar-refractivity contribution in [1.29, 1.82) is 0 Å². The number of nitrogens with zero attached hydrogens (tertiary/aromatic N) is 3. The minimum Gasteiger partial charge on any atom is -0.399 e. The van der Waals surface area contributed by atoms with E-state index in [1.807, 2.05) is 29.8 Å². The van der Waals surface area contributed by atoms with Crippen molar-refractivity contribution < 1.29 is 0 Å². The van der Waals surface area contributed by atoms with Gasteiger partial charge in [-0.15, -0.1) is 0 Å². The summed E-state index contributed by atoms with van der Waals surface area (Å²) in [7, 11) is 0. The standard InChI is InChI=1S/C14H17N5/c1-4-11-8(2)18-19(9(11)3)14-16-12-6-5-10(15)7-13(12)17-14/h5-7H,4,15H2,1-3H3,(H,16,17). The lowest BCUT2D eigenvalue weighted by Crippen LogP contribution is -2.01. The van der Waals surface area contributed by atoms with Crippen LogP contribution in [0, 0.1) is 13.8 Å². The number of anilines is 1. The summed E-state index contributed by atoms with van der Waals surface area (Å²) >= 11 is 0. The molecule has 5 nitrogen and oxygen atoms in total. The van der Waals surface area contributed by atoms with Crippen molar-refractivity contribution in [3.05, 3.63) is 35.2 Å². The first kappa shape index (κ1) is 11.8. The Bertz CT molecular complexity index is 751. The summed E-state index contributed by atoms with van der Waals surface area (Å²) in [6, 6.07) is 5.65. The second-order valence-electron chi connectivity index (χ2n) is 4.75. The van der Waals surface area contributed by atoms with Crippen molar-refractivity contribution in [2.24, 2.45) is 0 Å². The Morgan fingerprint density at radius 1 is 1.32 bits per heavy atom. The lowest BCUT2D eigenvalue weighted by atomic mass is 10.1. The lowest BCUT2D eigenvalue weighted by Gasteiger charge is -1.99. The number of aromatic nitrogens is 4. The molecule has 0 spiro atoms. The SMILES string of the molecule is CCc1c(C)nn(-c2nc3ccc(N)cc3[nH]2)c1C. The van der Waals surface area contributed by atoms with E-state index in [-0.39, 0.29) is 0 Å². The Morgan fingerprint density at radius 2 is 2.11 bits per heavy atom. The van der Waals surface area contributed by atoms with Crippen LogP contribution in [0.4, 0.5) is 5.69 Å². The second kappa shape index (κ2) is 4.12. The number of fused-ring (bicyclic) bond motifs is 1. The van der Waals surface area contributed by atoms with Gasteiger partial charge in [0, 0.05) is 11.4 Å². The minimum absolute atomic E-state index is 0.727. The van der Waals surface area contributed by atoms with E-state index in [0.29, 0.717) is 0 Å². The largest absolute Gasteiger partial charge is 0.399 e. The predicted molar refractivity (Wildman–Crippen MR) is 76.5 cm³/mol. The molecule has 3 N–H and O–H groups in total. The van der Waals surface area contributed by atoms with Crippen molar-refractivity contribution in [2.75, 3.05) is 5.73 Å². The number of benzene rings is 1. The minimum atomic E-state index is 0.727. The Kier molecular flexibility index (Phi) is 2.55. The fraction of sp³-hybridized carbons (Fsp3) is 0.286. The second-order valence-corrected chi connectivity index (χ2v) is 4.75. The zero-order chi connectivity index (χ0) is 13.6. The molecule has 0 bridgehead atoms. The third-order valence-electron chi connectivity index (χ3n) is 3.49. The van der Waals surface area contributed by atoms with Crippen molar-refractivity contribution in [3.8, 4) is 5.95 Å². The van der Waals surface area contributed by atoms with Crippen LogP contribution < -0.4 is 5.73 Å². The first-order chi connectivity index (χ1) is 9.10. The molecule has 0 aliphatic carbocycles. The highest BCUT2D eigenvalue weighted by Crippen LogP contribution is 2.20. The predicted octanol–water partition coefficient (Wildman–Crippen LogP) is 2.51. The van der Waals surface area contributed by atoms with Gasteiger partial charge in [-0.25, -0.2) is 9.67 Å². The zero-order valence-electron chi connectivity index (χ0n) is 11.4. The van der Waals surface area contributed by atoms with E-state index in [0.717, 1.165) is 40.5 Å². The van der Waals surface area contributed by atoms with Gasteiger partial charge in [0.05, 0.1) is 16.7 Å². The number of nitrogen functional groups attached to an aromatic ring is 1. The highest BCUT2D eigenvalue weighted by atomic mass is 15.4. The summed E-state index contributed by atoms with van der Waals surface area (Å²) in [5, 5.41) is 4.56. The van der Waals surface area contributed by atoms with Crippen LogP contribution in [0.1, 0.15) is 23.9 Å². The third-order valence-corrected chi connectivity index (χ3v) is 3.49. The molecule has 2 aromatic heterocycles. The molecule has 0 aliphatic rings. The van der Waals surface area contributed by atoms with Crippen molar-refractivity contribution in [3.63, 3.8) is 0 Å². The summed E-state index contributed by atoms with van der Waals surface area (Å²) in [6.45, 7) is 6.24. The molecule has 98 valence electrons. The van der Waals surface area contributed by atoms with Crippen molar-refractivity contribution in [2.45, 2.75) is 27.2 Å². The van der Waals surface area contributed by atoms with E-state index in [4.69, 9.17) is 5.73 Å². The maximum atomic E-state index is 5.78. The number of H-pyrrole nitrogens is 1. The number of aromatic amines is 1. The number of nitrogens with one attached hydrogen (secondary N) is 1. The van der Waals surface area contributed by atoms with Gasteiger partial charge in [0.25, 0.3) is 0 Å². The van der Waals surface area contributed by atoms with Gasteiger partial charge >= 0.3 is 0 Å². The summed E-state index contributed by atoms with van der Waals surface area (Å²) in [6.07, 6.45) is 0.977. The van der Waals surface area contributed by atoms with Crippen LogP contribution in [-0.4, -0.2) is 19.7 Å². The van der Waals surface area contributed by atoms with Crippen LogP contribution in [0.25, 0.3) is 17.0 Å². The summed E-state index contributed by atoms with van der Waals surface area (Å²) in [5.74, 6) is 0.737. The van der Waals surface area contributed by atoms with Crippen LogP contribution in [0.2, 0.25) is 0 Å². The topological polar surface area (TPSA) is 72.5 Å². The Labute approximate surface area is 111 Å². The Morgan fingerprint density at radius 3 is 2.79 bits per heavy atom. The molecule has 19 heavy (non-hydrogen) atoms. The quantitative estimate of drug-likeness (QED) is 0.691. The molecule has 0 amide bonds. The number of hydrogen-bond acceptors (Lipinski definition) is 3. The first-order valence-electron chi connectivity index (χ1n) is 6.41. The lowest BCUT2D eigenvalue weighted by molar-refractivity contribution is 0.789. The van der Waals surface area contributed by atoms with E-state index >= 15 is 0 Å².